The van der Waals surface area contributed by atoms with Crippen molar-refractivity contribution in [2.45, 2.75) is 19.3 Å². The summed E-state index contributed by atoms with van der Waals surface area (Å²) in [4.78, 5) is 0. The zero-order valence-electron chi connectivity index (χ0n) is 26.8. The van der Waals surface area contributed by atoms with E-state index in [0.717, 1.165) is 11.2 Å². The Hall–Kier alpha value is -5.92. The molecule has 0 bridgehead atoms. The molecular formula is C47H30O. The summed E-state index contributed by atoms with van der Waals surface area (Å²) in [5.74, 6) is 0. The van der Waals surface area contributed by atoms with Crippen molar-refractivity contribution < 1.29 is 4.42 Å². The van der Waals surface area contributed by atoms with E-state index in [9.17, 15) is 0 Å². The van der Waals surface area contributed by atoms with Crippen LogP contribution < -0.4 is 0 Å². The number of rotatable bonds is 2. The lowest BCUT2D eigenvalue weighted by atomic mass is 9.80. The quantitative estimate of drug-likeness (QED) is 0.140. The van der Waals surface area contributed by atoms with Crippen LogP contribution in [0.1, 0.15) is 25.0 Å². The monoisotopic (exact) mass is 610 g/mol. The van der Waals surface area contributed by atoms with Crippen molar-refractivity contribution in [3.05, 3.63) is 157 Å². The number of furan rings is 1. The summed E-state index contributed by atoms with van der Waals surface area (Å²) in [5, 5.41) is 12.5. The van der Waals surface area contributed by atoms with E-state index < -0.39 is 0 Å². The normalized spacial score (nSPS) is 13.8. The molecule has 0 radical (unpaired) electrons. The number of benzene rings is 9. The van der Waals surface area contributed by atoms with Crippen LogP contribution in [0, 0.1) is 0 Å². The van der Waals surface area contributed by atoms with Crippen LogP contribution in [-0.2, 0) is 5.41 Å². The molecule has 11 rings (SSSR count). The van der Waals surface area contributed by atoms with Gasteiger partial charge in [0.2, 0.25) is 0 Å². The van der Waals surface area contributed by atoms with Crippen LogP contribution in [-0.4, -0.2) is 0 Å². The third-order valence-electron chi connectivity index (χ3n) is 11.2. The first kappa shape index (κ1) is 26.2. The number of hydrogen-bond donors (Lipinski definition) is 0. The predicted molar refractivity (Wildman–Crippen MR) is 203 cm³/mol. The van der Waals surface area contributed by atoms with Crippen LogP contribution in [0.25, 0.3) is 98.4 Å². The predicted octanol–water partition coefficient (Wildman–Crippen LogP) is 13.3. The van der Waals surface area contributed by atoms with Gasteiger partial charge in [0.05, 0.1) is 0 Å². The van der Waals surface area contributed by atoms with Crippen molar-refractivity contribution in [1.29, 1.82) is 0 Å². The Labute approximate surface area is 278 Å². The maximum absolute atomic E-state index is 6.37. The standard InChI is InChI=1S/C47H30O/c1-47(2)38-19-10-18-36(45(38)37-25-28-11-3-4-12-29(28)26-39(37)47)44-32-16-7-5-14-30(32)43(31-15-6-8-17-33(31)44)34-23-24-41-46-35(34)22-21-27-13-9-20-40(48-41)42(27)46/h3-26H,1-2H3. The molecule has 1 aliphatic rings. The highest BCUT2D eigenvalue weighted by Gasteiger charge is 2.37. The minimum absolute atomic E-state index is 0.104. The maximum atomic E-state index is 6.37. The Bertz CT molecular complexity index is 2910. The molecule has 0 amide bonds. The minimum Gasteiger partial charge on any atom is -0.456 e. The van der Waals surface area contributed by atoms with Gasteiger partial charge in [0, 0.05) is 16.2 Å². The third kappa shape index (κ3) is 3.26. The van der Waals surface area contributed by atoms with E-state index in [1.165, 1.54) is 98.4 Å². The Morgan fingerprint density at radius 2 is 0.979 bits per heavy atom. The fourth-order valence-corrected chi connectivity index (χ4v) is 9.05. The van der Waals surface area contributed by atoms with Crippen LogP contribution in [0.3, 0.4) is 0 Å². The van der Waals surface area contributed by atoms with E-state index in [2.05, 4.69) is 159 Å². The first-order valence-electron chi connectivity index (χ1n) is 16.9. The highest BCUT2D eigenvalue weighted by Crippen LogP contribution is 2.55. The summed E-state index contributed by atoms with van der Waals surface area (Å²) in [7, 11) is 0. The second kappa shape index (κ2) is 9.12. The molecule has 10 aromatic rings. The van der Waals surface area contributed by atoms with Crippen molar-refractivity contribution in [3.8, 4) is 33.4 Å². The topological polar surface area (TPSA) is 13.1 Å². The van der Waals surface area contributed by atoms with Gasteiger partial charge < -0.3 is 4.42 Å². The van der Waals surface area contributed by atoms with Gasteiger partial charge in [-0.3, -0.25) is 0 Å². The second-order valence-corrected chi connectivity index (χ2v) is 14.0. The van der Waals surface area contributed by atoms with Crippen LogP contribution in [0.5, 0.6) is 0 Å². The molecule has 1 heteroatoms. The van der Waals surface area contributed by atoms with Crippen LogP contribution >= 0.6 is 0 Å². The van der Waals surface area contributed by atoms with E-state index in [4.69, 9.17) is 4.42 Å². The van der Waals surface area contributed by atoms with Gasteiger partial charge in [0.1, 0.15) is 11.2 Å². The molecular weight excluding hydrogens is 581 g/mol. The molecule has 1 heterocycles. The Kier molecular flexibility index (Phi) is 4.97. The average molecular weight is 611 g/mol. The zero-order chi connectivity index (χ0) is 31.7. The molecule has 1 aliphatic carbocycles. The molecule has 0 saturated heterocycles. The van der Waals surface area contributed by atoms with Crippen molar-refractivity contribution in [1.82, 2.24) is 0 Å². The van der Waals surface area contributed by atoms with Gasteiger partial charge in [-0.25, -0.2) is 0 Å². The zero-order valence-corrected chi connectivity index (χ0v) is 26.8. The van der Waals surface area contributed by atoms with Gasteiger partial charge >= 0.3 is 0 Å². The molecule has 0 fully saturated rings. The third-order valence-corrected chi connectivity index (χ3v) is 11.2. The second-order valence-electron chi connectivity index (χ2n) is 14.0. The lowest BCUT2D eigenvalue weighted by Gasteiger charge is -2.23. The SMILES string of the molecule is CC1(C)c2cc3ccccc3cc2-c2c(-c3c4ccccc4c(-c4ccc5oc6cccc7ccc4c5c76)c4ccccc34)cccc21. The van der Waals surface area contributed by atoms with Gasteiger partial charge in [-0.05, 0) is 118 Å². The largest absolute Gasteiger partial charge is 0.456 e. The highest BCUT2D eigenvalue weighted by atomic mass is 16.3. The van der Waals surface area contributed by atoms with Gasteiger partial charge in [-0.1, -0.05) is 129 Å². The number of hydrogen-bond acceptors (Lipinski definition) is 1. The molecule has 0 saturated carbocycles. The molecule has 0 atom stereocenters. The van der Waals surface area contributed by atoms with E-state index in [1.807, 2.05) is 0 Å². The molecule has 0 spiro atoms. The van der Waals surface area contributed by atoms with E-state index in [1.54, 1.807) is 0 Å². The van der Waals surface area contributed by atoms with Gasteiger partial charge in [0.15, 0.2) is 0 Å². The summed E-state index contributed by atoms with van der Waals surface area (Å²) in [6.45, 7) is 4.77. The summed E-state index contributed by atoms with van der Waals surface area (Å²) < 4.78 is 6.37. The van der Waals surface area contributed by atoms with Gasteiger partial charge in [-0.15, -0.1) is 0 Å². The number of fused-ring (bicyclic) bond motifs is 6. The molecule has 0 unspecified atom stereocenters. The van der Waals surface area contributed by atoms with Crippen LogP contribution in [0.15, 0.2) is 150 Å². The van der Waals surface area contributed by atoms with Crippen LogP contribution in [0.2, 0.25) is 0 Å². The summed E-state index contributed by atoms with van der Waals surface area (Å²) in [6.07, 6.45) is 0. The maximum Gasteiger partial charge on any atom is 0.136 e. The molecule has 0 aliphatic heterocycles. The average Bonchev–Trinajstić information content (AvgIpc) is 3.62. The first-order valence-corrected chi connectivity index (χ1v) is 16.9. The molecule has 1 nitrogen and oxygen atoms in total. The highest BCUT2D eigenvalue weighted by molar-refractivity contribution is 6.29. The van der Waals surface area contributed by atoms with Gasteiger partial charge in [-0.2, -0.15) is 0 Å². The first-order chi connectivity index (χ1) is 23.6. The lowest BCUT2D eigenvalue weighted by molar-refractivity contribution is 0.661. The summed E-state index contributed by atoms with van der Waals surface area (Å²) in [6, 6.07) is 54.0. The summed E-state index contributed by atoms with van der Waals surface area (Å²) >= 11 is 0. The fourth-order valence-electron chi connectivity index (χ4n) is 9.05. The molecule has 48 heavy (non-hydrogen) atoms. The van der Waals surface area contributed by atoms with E-state index in [-0.39, 0.29) is 5.41 Å². The van der Waals surface area contributed by atoms with Crippen molar-refractivity contribution in [2.24, 2.45) is 0 Å². The molecule has 0 N–H and O–H groups in total. The fraction of sp³-hybridized carbons (Fsp3) is 0.0638. The van der Waals surface area contributed by atoms with Gasteiger partial charge in [0.25, 0.3) is 0 Å². The molecule has 9 aromatic carbocycles. The lowest BCUT2D eigenvalue weighted by Crippen LogP contribution is -2.14. The Morgan fingerprint density at radius 1 is 0.375 bits per heavy atom. The molecule has 224 valence electrons. The van der Waals surface area contributed by atoms with Crippen molar-refractivity contribution in [2.75, 3.05) is 0 Å². The molecule has 1 aromatic heterocycles. The summed E-state index contributed by atoms with van der Waals surface area (Å²) in [5.41, 5.74) is 12.4. The van der Waals surface area contributed by atoms with Crippen molar-refractivity contribution >= 4 is 65.0 Å². The van der Waals surface area contributed by atoms with Crippen LogP contribution in [0.4, 0.5) is 0 Å². The Morgan fingerprint density at radius 3 is 1.71 bits per heavy atom. The smallest absolute Gasteiger partial charge is 0.136 e. The van der Waals surface area contributed by atoms with E-state index in [0.29, 0.717) is 0 Å². The van der Waals surface area contributed by atoms with Crippen molar-refractivity contribution in [3.63, 3.8) is 0 Å². The Balaban J connectivity index is 1.27. The van der Waals surface area contributed by atoms with E-state index >= 15 is 0 Å². The minimum atomic E-state index is -0.104.